The fourth-order valence-corrected chi connectivity index (χ4v) is 4.62. The van der Waals surface area contributed by atoms with Crippen molar-refractivity contribution in [3.8, 4) is 11.5 Å². The van der Waals surface area contributed by atoms with Crippen LogP contribution in [-0.2, 0) is 0 Å². The summed E-state index contributed by atoms with van der Waals surface area (Å²) in [5.74, 6) is 0.952. The molecule has 1 fully saturated rings. The fraction of sp³-hybridized carbons (Fsp3) is 0.259. The number of aryl methyl sites for hydroxylation is 1. The van der Waals surface area contributed by atoms with Gasteiger partial charge in [0.15, 0.2) is 11.5 Å². The minimum Gasteiger partial charge on any atom is -0.486 e. The van der Waals surface area contributed by atoms with Gasteiger partial charge in [-0.1, -0.05) is 35.4 Å². The second kappa shape index (κ2) is 9.88. The van der Waals surface area contributed by atoms with Crippen LogP contribution in [0.4, 0.5) is 11.4 Å². The van der Waals surface area contributed by atoms with Crippen molar-refractivity contribution < 1.29 is 19.1 Å². The zero-order valence-corrected chi connectivity index (χ0v) is 20.2. The highest BCUT2D eigenvalue weighted by Crippen LogP contribution is 2.36. The molecule has 8 heteroatoms. The lowest BCUT2D eigenvalue weighted by atomic mass is 10.1. The van der Waals surface area contributed by atoms with Crippen LogP contribution in [0.25, 0.3) is 0 Å². The van der Waals surface area contributed by atoms with Gasteiger partial charge in [-0.2, -0.15) is 0 Å². The second-order valence-electron chi connectivity index (χ2n) is 8.59. The quantitative estimate of drug-likeness (QED) is 0.576. The molecule has 1 N–H and O–H groups in total. The van der Waals surface area contributed by atoms with Crippen LogP contribution in [0, 0.1) is 6.92 Å². The van der Waals surface area contributed by atoms with Crippen LogP contribution in [-0.4, -0.2) is 56.1 Å². The minimum atomic E-state index is -0.265. The summed E-state index contributed by atoms with van der Waals surface area (Å²) in [7, 11) is 0. The standard InChI is InChI=1S/C27H26ClN3O4/c1-18-5-7-19(8-6-18)27(33)31-13-11-30(12-14-31)25-21(28)3-2-4-22(25)29-26(32)20-9-10-23-24(17-20)35-16-15-34-23/h2-10,17H,11-16H2,1H3,(H,29,32). The number of nitrogens with one attached hydrogen (secondary N) is 1. The van der Waals surface area contributed by atoms with Gasteiger partial charge in [-0.3, -0.25) is 9.59 Å². The fourth-order valence-electron chi connectivity index (χ4n) is 4.33. The molecular weight excluding hydrogens is 466 g/mol. The number of benzene rings is 3. The van der Waals surface area contributed by atoms with E-state index in [9.17, 15) is 9.59 Å². The highest BCUT2D eigenvalue weighted by molar-refractivity contribution is 6.34. The van der Waals surface area contributed by atoms with E-state index in [4.69, 9.17) is 21.1 Å². The van der Waals surface area contributed by atoms with Gasteiger partial charge in [0.05, 0.1) is 16.4 Å². The smallest absolute Gasteiger partial charge is 0.255 e. The van der Waals surface area contributed by atoms with Crippen molar-refractivity contribution in [2.24, 2.45) is 0 Å². The van der Waals surface area contributed by atoms with Crippen molar-refractivity contribution in [3.63, 3.8) is 0 Å². The number of amides is 2. The Morgan fingerprint density at radius 3 is 2.29 bits per heavy atom. The maximum absolute atomic E-state index is 13.0. The Balaban J connectivity index is 1.30. The number of carbonyl (C=O) groups excluding carboxylic acids is 2. The molecule has 2 heterocycles. The summed E-state index contributed by atoms with van der Waals surface area (Å²) in [6, 6.07) is 18.2. The van der Waals surface area contributed by atoms with Gasteiger partial charge in [0.2, 0.25) is 0 Å². The maximum Gasteiger partial charge on any atom is 0.255 e. The first-order valence-corrected chi connectivity index (χ1v) is 12.0. The molecule has 0 spiro atoms. The van der Waals surface area contributed by atoms with E-state index in [1.54, 1.807) is 24.3 Å². The van der Waals surface area contributed by atoms with Gasteiger partial charge in [0.1, 0.15) is 13.2 Å². The zero-order chi connectivity index (χ0) is 24.4. The normalized spacial score (nSPS) is 15.0. The molecule has 3 aromatic rings. The highest BCUT2D eigenvalue weighted by Gasteiger charge is 2.25. The van der Waals surface area contributed by atoms with Crippen LogP contribution in [0.15, 0.2) is 60.7 Å². The van der Waals surface area contributed by atoms with Crippen LogP contribution in [0.2, 0.25) is 5.02 Å². The lowest BCUT2D eigenvalue weighted by Gasteiger charge is -2.37. The van der Waals surface area contributed by atoms with Crippen molar-refractivity contribution in [2.75, 3.05) is 49.6 Å². The summed E-state index contributed by atoms with van der Waals surface area (Å²) in [5.41, 5.74) is 3.65. The van der Waals surface area contributed by atoms with Gasteiger partial charge in [-0.25, -0.2) is 0 Å². The van der Waals surface area contributed by atoms with Crippen molar-refractivity contribution in [1.82, 2.24) is 4.90 Å². The van der Waals surface area contributed by atoms with Crippen LogP contribution >= 0.6 is 11.6 Å². The monoisotopic (exact) mass is 491 g/mol. The molecule has 5 rings (SSSR count). The van der Waals surface area contributed by atoms with E-state index in [1.807, 2.05) is 48.2 Å². The average molecular weight is 492 g/mol. The molecule has 180 valence electrons. The number of nitrogens with zero attached hydrogens (tertiary/aromatic N) is 2. The first kappa shape index (κ1) is 23.1. The summed E-state index contributed by atoms with van der Waals surface area (Å²) in [5, 5.41) is 3.54. The summed E-state index contributed by atoms with van der Waals surface area (Å²) >= 11 is 6.59. The minimum absolute atomic E-state index is 0.0240. The van der Waals surface area contributed by atoms with Crippen LogP contribution in [0.3, 0.4) is 0 Å². The number of halogens is 1. The molecule has 0 unspecified atom stereocenters. The number of fused-ring (bicyclic) bond motifs is 1. The molecular formula is C27H26ClN3O4. The Hall–Kier alpha value is -3.71. The average Bonchev–Trinajstić information content (AvgIpc) is 2.89. The van der Waals surface area contributed by atoms with E-state index in [-0.39, 0.29) is 11.8 Å². The molecule has 0 atom stereocenters. The Bertz CT molecular complexity index is 1250. The van der Waals surface area contributed by atoms with E-state index < -0.39 is 0 Å². The van der Waals surface area contributed by atoms with E-state index in [1.165, 1.54) is 0 Å². The molecule has 7 nitrogen and oxygen atoms in total. The molecule has 3 aromatic carbocycles. The van der Waals surface area contributed by atoms with Crippen molar-refractivity contribution in [3.05, 3.63) is 82.4 Å². The number of anilines is 2. The maximum atomic E-state index is 13.0. The molecule has 0 aliphatic carbocycles. The third-order valence-corrected chi connectivity index (χ3v) is 6.53. The summed E-state index contributed by atoms with van der Waals surface area (Å²) in [6.07, 6.45) is 0. The summed E-state index contributed by atoms with van der Waals surface area (Å²) in [4.78, 5) is 29.9. The molecule has 0 bridgehead atoms. The van der Waals surface area contributed by atoms with Gasteiger partial charge in [0.25, 0.3) is 11.8 Å². The Morgan fingerprint density at radius 1 is 0.857 bits per heavy atom. The number of carbonyl (C=O) groups is 2. The first-order valence-electron chi connectivity index (χ1n) is 11.6. The highest BCUT2D eigenvalue weighted by atomic mass is 35.5. The van der Waals surface area contributed by atoms with Crippen molar-refractivity contribution in [2.45, 2.75) is 6.92 Å². The molecule has 1 saturated heterocycles. The number of ether oxygens (including phenoxy) is 2. The molecule has 2 amide bonds. The van der Waals surface area contributed by atoms with Crippen LogP contribution < -0.4 is 19.7 Å². The molecule has 0 radical (unpaired) electrons. The van der Waals surface area contributed by atoms with Crippen molar-refractivity contribution in [1.29, 1.82) is 0 Å². The zero-order valence-electron chi connectivity index (χ0n) is 19.4. The predicted octanol–water partition coefficient (Wildman–Crippen LogP) is 4.63. The SMILES string of the molecule is Cc1ccc(C(=O)N2CCN(c3c(Cl)cccc3NC(=O)c3ccc4c(c3)OCCO4)CC2)cc1. The van der Waals surface area contributed by atoms with E-state index in [2.05, 4.69) is 10.2 Å². The van der Waals surface area contributed by atoms with E-state index >= 15 is 0 Å². The molecule has 0 saturated carbocycles. The predicted molar refractivity (Wildman–Crippen MR) is 136 cm³/mol. The number of hydrogen-bond acceptors (Lipinski definition) is 5. The van der Waals surface area contributed by atoms with Gasteiger partial charge in [0, 0.05) is 37.3 Å². The second-order valence-corrected chi connectivity index (χ2v) is 9.00. The summed E-state index contributed by atoms with van der Waals surface area (Å²) < 4.78 is 11.1. The number of rotatable bonds is 4. The van der Waals surface area contributed by atoms with E-state index in [0.717, 1.165) is 11.3 Å². The van der Waals surface area contributed by atoms with Gasteiger partial charge in [-0.15, -0.1) is 0 Å². The Kier molecular flexibility index (Phi) is 6.51. The molecule has 35 heavy (non-hydrogen) atoms. The van der Waals surface area contributed by atoms with Crippen LogP contribution in [0.5, 0.6) is 11.5 Å². The first-order chi connectivity index (χ1) is 17.0. The third-order valence-electron chi connectivity index (χ3n) is 6.22. The number of para-hydroxylation sites is 1. The number of hydrogen-bond donors (Lipinski definition) is 1. The van der Waals surface area contributed by atoms with E-state index in [0.29, 0.717) is 72.7 Å². The topological polar surface area (TPSA) is 71.1 Å². The largest absolute Gasteiger partial charge is 0.486 e. The van der Waals surface area contributed by atoms with Gasteiger partial charge < -0.3 is 24.6 Å². The molecule has 2 aliphatic rings. The van der Waals surface area contributed by atoms with Gasteiger partial charge in [-0.05, 0) is 49.4 Å². The lowest BCUT2D eigenvalue weighted by Crippen LogP contribution is -2.49. The van der Waals surface area contributed by atoms with Gasteiger partial charge >= 0.3 is 0 Å². The number of piperazine rings is 1. The third kappa shape index (κ3) is 4.91. The Labute approximate surface area is 209 Å². The molecule has 0 aromatic heterocycles. The lowest BCUT2D eigenvalue weighted by molar-refractivity contribution is 0.0746. The van der Waals surface area contributed by atoms with Crippen molar-refractivity contribution >= 4 is 34.8 Å². The molecule has 2 aliphatic heterocycles. The Morgan fingerprint density at radius 2 is 1.54 bits per heavy atom. The summed E-state index contributed by atoms with van der Waals surface area (Å²) in [6.45, 7) is 5.29. The van der Waals surface area contributed by atoms with Crippen LogP contribution in [0.1, 0.15) is 26.3 Å².